The normalized spacial score (nSPS) is 10.5. The van der Waals surface area contributed by atoms with Crippen molar-refractivity contribution in [2.45, 2.75) is 13.5 Å². The van der Waals surface area contributed by atoms with Gasteiger partial charge in [0.2, 0.25) is 5.91 Å². The average Bonchev–Trinajstić information content (AvgIpc) is 2.91. The maximum Gasteiger partial charge on any atom is 0.316 e. The lowest BCUT2D eigenvalue weighted by Gasteiger charge is -2.07. The van der Waals surface area contributed by atoms with Crippen LogP contribution in [-0.2, 0) is 20.9 Å². The highest BCUT2D eigenvalue weighted by Crippen LogP contribution is 2.21. The van der Waals surface area contributed by atoms with Gasteiger partial charge in [0.15, 0.2) is 5.82 Å². The number of aryl methyl sites for hydroxylation is 1. The second kappa shape index (κ2) is 8.96. The standard InChI is InChI=1S/C15H14Cl2N2O4S/c1-9-4-13(19-23-9)18-14(20)7-24-8-15(21)22-6-10-2-3-11(16)5-12(10)17/h2-5H,6-8H2,1H3,(H,18,19,20). The van der Waals surface area contributed by atoms with Gasteiger partial charge < -0.3 is 14.6 Å². The smallest absolute Gasteiger partial charge is 0.316 e. The number of aromatic nitrogens is 1. The first kappa shape index (κ1) is 18.6. The van der Waals surface area contributed by atoms with Gasteiger partial charge >= 0.3 is 5.97 Å². The van der Waals surface area contributed by atoms with Gasteiger partial charge in [-0.25, -0.2) is 0 Å². The van der Waals surface area contributed by atoms with Crippen molar-refractivity contribution in [1.82, 2.24) is 5.16 Å². The molecule has 0 aliphatic heterocycles. The SMILES string of the molecule is Cc1cc(NC(=O)CSCC(=O)OCc2ccc(Cl)cc2Cl)no1. The van der Waals surface area contributed by atoms with Crippen molar-refractivity contribution < 1.29 is 18.8 Å². The molecule has 1 heterocycles. The summed E-state index contributed by atoms with van der Waals surface area (Å²) in [5.74, 6) is 0.387. The van der Waals surface area contributed by atoms with E-state index in [1.54, 1.807) is 31.2 Å². The van der Waals surface area contributed by atoms with Gasteiger partial charge in [0.05, 0.1) is 11.5 Å². The van der Waals surface area contributed by atoms with E-state index in [2.05, 4.69) is 10.5 Å². The second-order valence-corrected chi connectivity index (χ2v) is 6.59. The number of nitrogens with zero attached hydrogens (tertiary/aromatic N) is 1. The van der Waals surface area contributed by atoms with Crippen molar-refractivity contribution in [3.63, 3.8) is 0 Å². The number of hydrogen-bond acceptors (Lipinski definition) is 6. The summed E-state index contributed by atoms with van der Waals surface area (Å²) in [6, 6.07) is 6.55. The topological polar surface area (TPSA) is 81.4 Å². The molecule has 0 spiro atoms. The number of benzene rings is 1. The monoisotopic (exact) mass is 388 g/mol. The molecule has 1 aromatic carbocycles. The molecule has 0 saturated heterocycles. The van der Waals surface area contributed by atoms with Gasteiger partial charge in [0.1, 0.15) is 12.4 Å². The van der Waals surface area contributed by atoms with Gasteiger partial charge in [-0.3, -0.25) is 9.59 Å². The number of nitrogens with one attached hydrogen (secondary N) is 1. The number of thioether (sulfide) groups is 1. The molecule has 0 unspecified atom stereocenters. The van der Waals surface area contributed by atoms with Crippen LogP contribution < -0.4 is 5.32 Å². The van der Waals surface area contributed by atoms with Gasteiger partial charge in [-0.05, 0) is 19.1 Å². The molecule has 0 atom stereocenters. The third-order valence-corrected chi connectivity index (χ3v) is 4.25. The highest BCUT2D eigenvalue weighted by Gasteiger charge is 2.10. The summed E-state index contributed by atoms with van der Waals surface area (Å²) in [5.41, 5.74) is 0.665. The van der Waals surface area contributed by atoms with Crippen LogP contribution in [0.15, 0.2) is 28.8 Å². The van der Waals surface area contributed by atoms with Crippen molar-refractivity contribution in [3.8, 4) is 0 Å². The van der Waals surface area contributed by atoms with Gasteiger partial charge in [0.25, 0.3) is 0 Å². The number of ether oxygens (including phenoxy) is 1. The minimum absolute atomic E-state index is 0.0521. The number of hydrogen-bond donors (Lipinski definition) is 1. The third-order valence-electron chi connectivity index (χ3n) is 2.75. The maximum atomic E-state index is 11.7. The van der Waals surface area contributed by atoms with Crippen molar-refractivity contribution in [1.29, 1.82) is 0 Å². The molecule has 0 aliphatic carbocycles. The fraction of sp³-hybridized carbons (Fsp3) is 0.267. The fourth-order valence-electron chi connectivity index (χ4n) is 1.67. The van der Waals surface area contributed by atoms with E-state index in [4.69, 9.17) is 32.5 Å². The van der Waals surface area contributed by atoms with Crippen LogP contribution in [0.25, 0.3) is 0 Å². The first-order valence-corrected chi connectivity index (χ1v) is 8.75. The van der Waals surface area contributed by atoms with E-state index >= 15 is 0 Å². The Hall–Kier alpha value is -1.70. The third kappa shape index (κ3) is 6.07. The molecule has 1 aromatic heterocycles. The van der Waals surface area contributed by atoms with E-state index in [-0.39, 0.29) is 24.0 Å². The Bertz CT molecular complexity index is 736. The van der Waals surface area contributed by atoms with Crippen LogP contribution in [0.1, 0.15) is 11.3 Å². The van der Waals surface area contributed by atoms with Crippen LogP contribution >= 0.6 is 35.0 Å². The highest BCUT2D eigenvalue weighted by atomic mass is 35.5. The van der Waals surface area contributed by atoms with E-state index in [0.29, 0.717) is 27.2 Å². The van der Waals surface area contributed by atoms with Crippen LogP contribution in [0.2, 0.25) is 10.0 Å². The number of carbonyl (C=O) groups excluding carboxylic acids is 2. The molecule has 2 rings (SSSR count). The minimum Gasteiger partial charge on any atom is -0.460 e. The highest BCUT2D eigenvalue weighted by molar-refractivity contribution is 8.00. The molecule has 0 saturated carbocycles. The summed E-state index contributed by atoms with van der Waals surface area (Å²) in [4.78, 5) is 23.3. The van der Waals surface area contributed by atoms with Crippen LogP contribution in [0.4, 0.5) is 5.82 Å². The summed E-state index contributed by atoms with van der Waals surface area (Å²) in [6.07, 6.45) is 0. The number of anilines is 1. The predicted octanol–water partition coefficient (Wildman–Crippen LogP) is 3.70. The van der Waals surface area contributed by atoms with E-state index in [1.807, 2.05) is 0 Å². The molecule has 1 N–H and O–H groups in total. The lowest BCUT2D eigenvalue weighted by atomic mass is 10.2. The van der Waals surface area contributed by atoms with Crippen LogP contribution in [0.5, 0.6) is 0 Å². The maximum absolute atomic E-state index is 11.7. The Kier molecular flexibility index (Phi) is 6.96. The lowest BCUT2D eigenvalue weighted by Crippen LogP contribution is -2.16. The molecule has 2 aromatic rings. The Morgan fingerprint density at radius 3 is 2.75 bits per heavy atom. The number of carbonyl (C=O) groups is 2. The predicted molar refractivity (Wildman–Crippen MR) is 93.5 cm³/mol. The largest absolute Gasteiger partial charge is 0.460 e. The summed E-state index contributed by atoms with van der Waals surface area (Å²) in [5, 5.41) is 7.16. The van der Waals surface area contributed by atoms with E-state index in [0.717, 1.165) is 11.8 Å². The number of rotatable bonds is 7. The zero-order chi connectivity index (χ0) is 17.5. The van der Waals surface area contributed by atoms with E-state index in [1.165, 1.54) is 0 Å². The molecule has 0 aliphatic rings. The molecular weight excluding hydrogens is 375 g/mol. The molecule has 6 nitrogen and oxygen atoms in total. The van der Waals surface area contributed by atoms with E-state index < -0.39 is 5.97 Å². The summed E-state index contributed by atoms with van der Waals surface area (Å²) in [7, 11) is 0. The van der Waals surface area contributed by atoms with Crippen molar-refractivity contribution >= 4 is 52.7 Å². The van der Waals surface area contributed by atoms with Crippen molar-refractivity contribution in [2.24, 2.45) is 0 Å². The summed E-state index contributed by atoms with van der Waals surface area (Å²) < 4.78 is 9.94. The summed E-state index contributed by atoms with van der Waals surface area (Å²) >= 11 is 12.9. The van der Waals surface area contributed by atoms with E-state index in [9.17, 15) is 9.59 Å². The zero-order valence-corrected chi connectivity index (χ0v) is 15.0. The first-order valence-electron chi connectivity index (χ1n) is 6.84. The van der Waals surface area contributed by atoms with Crippen LogP contribution in [-0.4, -0.2) is 28.5 Å². The fourth-order valence-corrected chi connectivity index (χ4v) is 2.74. The van der Waals surface area contributed by atoms with Crippen LogP contribution in [0, 0.1) is 6.92 Å². The van der Waals surface area contributed by atoms with Gasteiger partial charge in [-0.2, -0.15) is 0 Å². The lowest BCUT2D eigenvalue weighted by molar-refractivity contribution is -0.141. The van der Waals surface area contributed by atoms with Gasteiger partial charge in [-0.1, -0.05) is 34.4 Å². The second-order valence-electron chi connectivity index (χ2n) is 4.76. The molecule has 1 amide bonds. The van der Waals surface area contributed by atoms with Gasteiger partial charge in [-0.15, -0.1) is 11.8 Å². The average molecular weight is 389 g/mol. The first-order chi connectivity index (χ1) is 11.4. The molecule has 9 heteroatoms. The zero-order valence-electron chi connectivity index (χ0n) is 12.7. The molecule has 0 bridgehead atoms. The molecule has 128 valence electrons. The van der Waals surface area contributed by atoms with Crippen molar-refractivity contribution in [3.05, 3.63) is 45.6 Å². The summed E-state index contributed by atoms with van der Waals surface area (Å²) in [6.45, 7) is 1.78. The Labute approximate surface area is 152 Å². The van der Waals surface area contributed by atoms with Crippen LogP contribution in [0.3, 0.4) is 0 Å². The van der Waals surface area contributed by atoms with Gasteiger partial charge in [0, 0.05) is 21.7 Å². The number of esters is 1. The number of amides is 1. The molecule has 0 fully saturated rings. The molecule has 24 heavy (non-hydrogen) atoms. The minimum atomic E-state index is -0.434. The molecular formula is C15H14Cl2N2O4S. The Balaban J connectivity index is 1.66. The van der Waals surface area contributed by atoms with Crippen molar-refractivity contribution in [2.75, 3.05) is 16.8 Å². The number of halogens is 2. The Morgan fingerprint density at radius 1 is 1.29 bits per heavy atom. The Morgan fingerprint density at radius 2 is 2.08 bits per heavy atom. The quantitative estimate of drug-likeness (QED) is 0.728. The molecule has 0 radical (unpaired) electrons.